The molecule has 73 heavy (non-hydrogen) atoms. The van der Waals surface area contributed by atoms with Crippen molar-refractivity contribution >= 4 is 35.8 Å². The largest absolute Gasteiger partial charge is 0.456 e. The minimum atomic E-state index is -2.58. The van der Waals surface area contributed by atoms with Gasteiger partial charge >= 0.3 is 30.0 Å². The Morgan fingerprint density at radius 3 is 2.10 bits per heavy atom. The van der Waals surface area contributed by atoms with E-state index in [0.717, 1.165) is 6.92 Å². The summed E-state index contributed by atoms with van der Waals surface area (Å²) in [6.45, 7) is 9.15. The van der Waals surface area contributed by atoms with Crippen LogP contribution in [0, 0.1) is 16.7 Å². The van der Waals surface area contributed by atoms with Gasteiger partial charge in [0.25, 0.3) is 0 Å². The molecule has 1 amide bonds. The standard InChI is InChI=1S/C51H65NO21/c1-24-28(68-44(63)36(58)34(26-15-11-9-12-16-26)52-46(64)73-47(3,4)5)20-51(65)42(71-43(62)27-17-13-10-14-18-27)40-49(8,30(55)19-31-50(40,23-67-31)72-25(2)54)41(61)39(33(24)48(51,6)7)70-32(56)22-66-45-38(60)37(59)35(57)29(21-53)69-45/h9-18,28-31,34-40,42,45,53,55,57-60,65H,19-23H2,1-8H3,(H,52,64)/t28-,29+,30-,31+,34-,35-,36+,37-,38+,39+,40-,42-,45-,49+,50-,51+/m0/s1. The number of esters is 4. The number of benzene rings is 2. The Hall–Kier alpha value is -5.40. The molecule has 400 valence electrons. The Balaban J connectivity index is 1.38. The molecule has 2 aromatic rings. The Labute approximate surface area is 420 Å². The Morgan fingerprint density at radius 2 is 1.52 bits per heavy atom. The summed E-state index contributed by atoms with van der Waals surface area (Å²) in [5.41, 5.74) is -9.64. The van der Waals surface area contributed by atoms with E-state index in [1.807, 2.05) is 0 Å². The van der Waals surface area contributed by atoms with Crippen molar-refractivity contribution in [3.63, 3.8) is 0 Å². The number of carbonyl (C=O) groups excluding carboxylic acids is 6. The molecule has 2 heterocycles. The Morgan fingerprint density at radius 1 is 0.890 bits per heavy atom. The number of fused-ring (bicyclic) bond motifs is 5. The Kier molecular flexibility index (Phi) is 15.7. The number of amides is 1. The van der Waals surface area contributed by atoms with Gasteiger partial charge in [-0.1, -0.05) is 62.4 Å². The third kappa shape index (κ3) is 10.1. The van der Waals surface area contributed by atoms with E-state index in [4.69, 9.17) is 37.9 Å². The Bertz CT molecular complexity index is 2440. The number of aliphatic hydroxyl groups excluding tert-OH is 6. The third-order valence-corrected chi connectivity index (χ3v) is 15.0. The topological polar surface area (TPSA) is 330 Å². The number of hydrogen-bond donors (Lipinski definition) is 8. The van der Waals surface area contributed by atoms with E-state index in [9.17, 15) is 59.7 Å². The van der Waals surface area contributed by atoms with E-state index in [1.54, 1.807) is 57.2 Å². The highest BCUT2D eigenvalue weighted by Crippen LogP contribution is 2.64. The minimum absolute atomic E-state index is 0.00683. The maximum Gasteiger partial charge on any atom is 0.408 e. The summed E-state index contributed by atoms with van der Waals surface area (Å²) in [4.78, 5) is 85.4. The average Bonchev–Trinajstić information content (AvgIpc) is 3.32. The maximum absolute atomic E-state index is 16.0. The molecule has 3 aliphatic carbocycles. The normalized spacial score (nSPS) is 35.5. The minimum Gasteiger partial charge on any atom is -0.456 e. The predicted octanol–water partition coefficient (Wildman–Crippen LogP) is 0.627. The summed E-state index contributed by atoms with van der Waals surface area (Å²) >= 11 is 0. The van der Waals surface area contributed by atoms with Gasteiger partial charge in [0.15, 0.2) is 29.9 Å². The zero-order valence-electron chi connectivity index (χ0n) is 41.7. The molecule has 2 saturated carbocycles. The van der Waals surface area contributed by atoms with E-state index in [0.29, 0.717) is 0 Å². The van der Waals surface area contributed by atoms with Crippen molar-refractivity contribution in [2.45, 2.75) is 158 Å². The number of ether oxygens (including phenoxy) is 8. The molecule has 5 aliphatic rings. The average molecular weight is 1030 g/mol. The van der Waals surface area contributed by atoms with Crippen LogP contribution in [0.5, 0.6) is 0 Å². The monoisotopic (exact) mass is 1030 g/mol. The fourth-order valence-corrected chi connectivity index (χ4v) is 11.2. The van der Waals surface area contributed by atoms with Crippen molar-refractivity contribution in [2.75, 3.05) is 19.8 Å². The first kappa shape index (κ1) is 55.4. The summed E-state index contributed by atoms with van der Waals surface area (Å²) < 4.78 is 46.8. The summed E-state index contributed by atoms with van der Waals surface area (Å²) in [6, 6.07) is 14.0. The van der Waals surface area contributed by atoms with Crippen molar-refractivity contribution in [1.29, 1.82) is 0 Å². The summed E-state index contributed by atoms with van der Waals surface area (Å²) in [7, 11) is 0. The number of rotatable bonds is 13. The van der Waals surface area contributed by atoms with E-state index >= 15 is 4.79 Å². The number of Topliss-reactive ketones (excluding diaryl/α,β-unsaturated/α-hetero) is 1. The van der Waals surface area contributed by atoms with Crippen LogP contribution in [-0.4, -0.2) is 175 Å². The molecule has 16 atom stereocenters. The van der Waals surface area contributed by atoms with Gasteiger partial charge < -0.3 is 79.0 Å². The lowest BCUT2D eigenvalue weighted by Gasteiger charge is -2.67. The fraction of sp³-hybridized carbons (Fsp3) is 0.608. The summed E-state index contributed by atoms with van der Waals surface area (Å²) in [5, 5.41) is 81.6. The van der Waals surface area contributed by atoms with Gasteiger partial charge in [0.1, 0.15) is 60.5 Å². The van der Waals surface area contributed by atoms with Gasteiger partial charge in [-0.3, -0.25) is 9.59 Å². The van der Waals surface area contributed by atoms with Crippen LogP contribution >= 0.6 is 0 Å². The van der Waals surface area contributed by atoms with Crippen molar-refractivity contribution in [3.05, 3.63) is 82.9 Å². The van der Waals surface area contributed by atoms with Gasteiger partial charge in [0.2, 0.25) is 0 Å². The lowest BCUT2D eigenvalue weighted by molar-refractivity contribution is -0.346. The van der Waals surface area contributed by atoms with Crippen LogP contribution in [0.2, 0.25) is 0 Å². The number of alkyl carbamates (subject to hydrolysis) is 1. The van der Waals surface area contributed by atoms with E-state index in [2.05, 4.69) is 5.32 Å². The van der Waals surface area contributed by atoms with Crippen molar-refractivity contribution in [3.8, 4) is 0 Å². The van der Waals surface area contributed by atoms with E-state index < -0.39 is 169 Å². The van der Waals surface area contributed by atoms with Gasteiger partial charge in [-0.05, 0) is 63.5 Å². The van der Waals surface area contributed by atoms with Gasteiger partial charge in [-0.25, -0.2) is 19.2 Å². The smallest absolute Gasteiger partial charge is 0.408 e. The van der Waals surface area contributed by atoms with Gasteiger partial charge in [-0.2, -0.15) is 0 Å². The summed E-state index contributed by atoms with van der Waals surface area (Å²) in [6.07, 6.45) is -21.8. The number of ketones is 1. The molecule has 0 radical (unpaired) electrons. The van der Waals surface area contributed by atoms with Crippen LogP contribution in [0.4, 0.5) is 4.79 Å². The first-order valence-electron chi connectivity index (χ1n) is 23.9. The van der Waals surface area contributed by atoms with Gasteiger partial charge in [0.05, 0.1) is 42.3 Å². The molecule has 2 aliphatic heterocycles. The second kappa shape index (κ2) is 20.7. The molecule has 0 spiro atoms. The highest BCUT2D eigenvalue weighted by atomic mass is 16.7. The molecule has 4 fully saturated rings. The molecule has 22 nitrogen and oxygen atoms in total. The molecule has 22 heteroatoms. The molecule has 2 saturated heterocycles. The molecule has 2 bridgehead atoms. The maximum atomic E-state index is 16.0. The summed E-state index contributed by atoms with van der Waals surface area (Å²) in [5.74, 6) is -7.39. The van der Waals surface area contributed by atoms with Crippen LogP contribution in [0.25, 0.3) is 0 Å². The molecular weight excluding hydrogens is 963 g/mol. The third-order valence-electron chi connectivity index (χ3n) is 15.0. The zero-order valence-corrected chi connectivity index (χ0v) is 41.7. The van der Waals surface area contributed by atoms with Crippen LogP contribution in [0.3, 0.4) is 0 Å². The quantitative estimate of drug-likeness (QED) is 0.0775. The zero-order chi connectivity index (χ0) is 53.7. The van der Waals surface area contributed by atoms with Crippen LogP contribution < -0.4 is 5.32 Å². The van der Waals surface area contributed by atoms with Crippen LogP contribution in [0.1, 0.15) is 90.2 Å². The second-order valence-corrected chi connectivity index (χ2v) is 21.0. The SMILES string of the molecule is CC(=O)O[C@@]12CO[C@@H]1C[C@H](O)[C@@]1(C)C(=O)[C@H](OC(=O)CO[C@H]3O[C@H](CO)[C@H](O)[C@H](O)[C@H]3O)C3=C(C)[C@@H](OC(=O)[C@H](O)[C@@H](NC(=O)OC(C)(C)C)c4ccccc4)C[C@@](O)([C@@H](OC(=O)c4ccccc4)[C@H]21)C3(C)C. The highest BCUT2D eigenvalue weighted by molar-refractivity contribution is 5.96. The first-order valence-corrected chi connectivity index (χ1v) is 23.9. The van der Waals surface area contributed by atoms with Crippen molar-refractivity contribution in [1.82, 2.24) is 5.32 Å². The van der Waals surface area contributed by atoms with Crippen molar-refractivity contribution < 1.29 is 102 Å². The van der Waals surface area contributed by atoms with E-state index in [1.165, 1.54) is 52.0 Å². The van der Waals surface area contributed by atoms with Crippen molar-refractivity contribution in [2.24, 2.45) is 16.7 Å². The van der Waals surface area contributed by atoms with Crippen LogP contribution in [0.15, 0.2) is 71.8 Å². The van der Waals surface area contributed by atoms with E-state index in [-0.39, 0.29) is 28.7 Å². The van der Waals surface area contributed by atoms with Gasteiger partial charge in [-0.15, -0.1) is 0 Å². The fourth-order valence-electron chi connectivity index (χ4n) is 11.2. The second-order valence-electron chi connectivity index (χ2n) is 21.0. The molecule has 8 N–H and O–H groups in total. The van der Waals surface area contributed by atoms with Crippen LogP contribution in [-0.2, 0) is 57.1 Å². The number of nitrogens with one attached hydrogen (secondary N) is 1. The molecule has 0 unspecified atom stereocenters. The molecular formula is C51H65NO21. The molecule has 2 aromatic carbocycles. The number of hydrogen-bond acceptors (Lipinski definition) is 21. The lowest BCUT2D eigenvalue weighted by atomic mass is 9.44. The molecule has 0 aromatic heterocycles. The molecule has 7 rings (SSSR count). The number of aliphatic hydroxyl groups is 7. The lowest BCUT2D eigenvalue weighted by Crippen LogP contribution is -2.82. The van der Waals surface area contributed by atoms with Gasteiger partial charge in [0, 0.05) is 25.2 Å². The first-order chi connectivity index (χ1) is 34.1. The predicted molar refractivity (Wildman–Crippen MR) is 247 cm³/mol. The number of carbonyl (C=O) groups is 6. The highest BCUT2D eigenvalue weighted by Gasteiger charge is 2.78.